The molecule has 21 heavy (non-hydrogen) atoms. The Hall–Kier alpha value is -1.69. The van der Waals surface area contributed by atoms with Crippen molar-refractivity contribution in [3.8, 4) is 0 Å². The minimum absolute atomic E-state index is 0.158. The van der Waals surface area contributed by atoms with Gasteiger partial charge in [-0.15, -0.1) is 11.3 Å². The van der Waals surface area contributed by atoms with Gasteiger partial charge in [-0.1, -0.05) is 19.8 Å². The molecule has 0 saturated heterocycles. The van der Waals surface area contributed by atoms with Gasteiger partial charge >= 0.3 is 0 Å². The Balaban J connectivity index is 1.92. The van der Waals surface area contributed by atoms with Gasteiger partial charge in [-0.25, -0.2) is 4.98 Å². The molecular formula is C15H19N3O2S. The highest BCUT2D eigenvalue weighted by Crippen LogP contribution is 2.27. The van der Waals surface area contributed by atoms with Gasteiger partial charge in [0.1, 0.15) is 5.56 Å². The summed E-state index contributed by atoms with van der Waals surface area (Å²) >= 11 is 1.39. The Morgan fingerprint density at radius 2 is 2.19 bits per heavy atom. The molecule has 2 atom stereocenters. The molecular weight excluding hydrogens is 286 g/mol. The van der Waals surface area contributed by atoms with Crippen molar-refractivity contribution in [2.24, 2.45) is 5.92 Å². The molecule has 6 heteroatoms. The van der Waals surface area contributed by atoms with Gasteiger partial charge in [0.25, 0.3) is 11.5 Å². The standard InChI is InChI=1S/C15H19N3O2S/c1-10-5-3-4-6-12(10)17(2)13(19)11-9-16-15-18(14(11)20)7-8-21-15/h7-10,12H,3-6H2,1-2H3. The number of hydrogen-bond acceptors (Lipinski definition) is 4. The molecule has 2 aromatic heterocycles. The molecule has 0 radical (unpaired) electrons. The zero-order chi connectivity index (χ0) is 15.0. The van der Waals surface area contributed by atoms with Crippen LogP contribution in [0.15, 0.2) is 22.6 Å². The summed E-state index contributed by atoms with van der Waals surface area (Å²) in [6, 6.07) is 0.217. The van der Waals surface area contributed by atoms with Gasteiger partial charge in [0.15, 0.2) is 4.96 Å². The Morgan fingerprint density at radius 1 is 1.43 bits per heavy atom. The first kappa shape index (κ1) is 14.3. The molecule has 0 aliphatic heterocycles. The minimum atomic E-state index is -0.276. The van der Waals surface area contributed by atoms with Crippen LogP contribution in [0.25, 0.3) is 4.96 Å². The summed E-state index contributed by atoms with van der Waals surface area (Å²) in [7, 11) is 1.80. The minimum Gasteiger partial charge on any atom is -0.338 e. The van der Waals surface area contributed by atoms with Crippen LogP contribution in [0.3, 0.4) is 0 Å². The van der Waals surface area contributed by atoms with Gasteiger partial charge in [0, 0.05) is 30.9 Å². The van der Waals surface area contributed by atoms with E-state index in [0.717, 1.165) is 19.3 Å². The van der Waals surface area contributed by atoms with Crippen LogP contribution in [-0.4, -0.2) is 33.3 Å². The van der Waals surface area contributed by atoms with Crippen LogP contribution < -0.4 is 5.56 Å². The molecule has 1 fully saturated rings. The lowest BCUT2D eigenvalue weighted by Gasteiger charge is -2.36. The number of hydrogen-bond donors (Lipinski definition) is 0. The first-order chi connectivity index (χ1) is 10.1. The molecule has 3 rings (SSSR count). The van der Waals surface area contributed by atoms with Crippen LogP contribution in [0.1, 0.15) is 43.0 Å². The lowest BCUT2D eigenvalue weighted by Crippen LogP contribution is -2.44. The number of rotatable bonds is 2. The van der Waals surface area contributed by atoms with Crippen LogP contribution in [0.5, 0.6) is 0 Å². The second kappa shape index (κ2) is 5.60. The lowest BCUT2D eigenvalue weighted by atomic mass is 9.85. The van der Waals surface area contributed by atoms with Gasteiger partial charge in [-0.3, -0.25) is 14.0 Å². The molecule has 1 aliphatic carbocycles. The topological polar surface area (TPSA) is 54.7 Å². The number of fused-ring (bicyclic) bond motifs is 1. The van der Waals surface area contributed by atoms with Crippen molar-refractivity contribution < 1.29 is 4.79 Å². The molecule has 1 aliphatic rings. The average Bonchev–Trinajstić information content (AvgIpc) is 2.96. The Kier molecular flexibility index (Phi) is 3.80. The highest BCUT2D eigenvalue weighted by Gasteiger charge is 2.29. The van der Waals surface area contributed by atoms with E-state index in [1.165, 1.54) is 28.4 Å². The molecule has 2 aromatic rings. The number of amides is 1. The first-order valence-corrected chi connectivity index (χ1v) is 8.19. The van der Waals surface area contributed by atoms with E-state index in [9.17, 15) is 9.59 Å². The predicted octanol–water partition coefficient (Wildman–Crippen LogP) is 2.41. The van der Waals surface area contributed by atoms with Crippen molar-refractivity contribution in [3.05, 3.63) is 33.7 Å². The number of aromatic nitrogens is 2. The van der Waals surface area contributed by atoms with E-state index in [1.54, 1.807) is 23.5 Å². The summed E-state index contributed by atoms with van der Waals surface area (Å²) in [4.78, 5) is 31.6. The third-order valence-electron chi connectivity index (χ3n) is 4.46. The van der Waals surface area contributed by atoms with E-state index in [0.29, 0.717) is 10.9 Å². The van der Waals surface area contributed by atoms with Gasteiger partial charge in [-0.2, -0.15) is 0 Å². The van der Waals surface area contributed by atoms with Gasteiger partial charge in [0.2, 0.25) is 0 Å². The van der Waals surface area contributed by atoms with Crippen LogP contribution in [-0.2, 0) is 0 Å². The summed E-state index contributed by atoms with van der Waals surface area (Å²) in [6.07, 6.45) is 7.61. The Morgan fingerprint density at radius 3 is 2.95 bits per heavy atom. The molecule has 1 amide bonds. The van der Waals surface area contributed by atoms with Gasteiger partial charge in [-0.05, 0) is 18.8 Å². The Labute approximate surface area is 127 Å². The van der Waals surface area contributed by atoms with Crippen LogP contribution in [0.2, 0.25) is 0 Å². The van der Waals surface area contributed by atoms with Crippen molar-refractivity contribution in [1.82, 2.24) is 14.3 Å². The largest absolute Gasteiger partial charge is 0.338 e. The third kappa shape index (κ3) is 2.48. The highest BCUT2D eigenvalue weighted by molar-refractivity contribution is 7.15. The summed E-state index contributed by atoms with van der Waals surface area (Å²) < 4.78 is 1.44. The summed E-state index contributed by atoms with van der Waals surface area (Å²) in [5, 5.41) is 1.80. The van der Waals surface area contributed by atoms with Gasteiger partial charge < -0.3 is 4.90 Å². The second-order valence-corrected chi connectivity index (χ2v) is 6.65. The fourth-order valence-corrected chi connectivity index (χ4v) is 3.86. The van der Waals surface area contributed by atoms with E-state index in [-0.39, 0.29) is 23.1 Å². The molecule has 2 heterocycles. The molecule has 112 valence electrons. The maximum atomic E-state index is 12.7. The first-order valence-electron chi connectivity index (χ1n) is 7.31. The predicted molar refractivity (Wildman–Crippen MR) is 82.9 cm³/mol. The van der Waals surface area contributed by atoms with Crippen molar-refractivity contribution in [3.63, 3.8) is 0 Å². The van der Waals surface area contributed by atoms with Crippen LogP contribution in [0, 0.1) is 5.92 Å². The zero-order valence-electron chi connectivity index (χ0n) is 12.3. The number of carbonyl (C=O) groups is 1. The zero-order valence-corrected chi connectivity index (χ0v) is 13.1. The van der Waals surface area contributed by atoms with E-state index >= 15 is 0 Å². The highest BCUT2D eigenvalue weighted by atomic mass is 32.1. The number of thiazole rings is 1. The van der Waals surface area contributed by atoms with E-state index in [2.05, 4.69) is 11.9 Å². The number of nitrogens with zero attached hydrogens (tertiary/aromatic N) is 3. The third-order valence-corrected chi connectivity index (χ3v) is 5.23. The van der Waals surface area contributed by atoms with Crippen molar-refractivity contribution >= 4 is 22.2 Å². The van der Waals surface area contributed by atoms with E-state index < -0.39 is 0 Å². The van der Waals surface area contributed by atoms with Crippen LogP contribution in [0.4, 0.5) is 0 Å². The van der Waals surface area contributed by atoms with E-state index in [4.69, 9.17) is 0 Å². The molecule has 0 spiro atoms. The summed E-state index contributed by atoms with van der Waals surface area (Å²) in [5.41, 5.74) is -0.118. The average molecular weight is 305 g/mol. The van der Waals surface area contributed by atoms with Crippen molar-refractivity contribution in [2.45, 2.75) is 38.6 Å². The molecule has 0 aromatic carbocycles. The molecule has 0 bridgehead atoms. The normalized spacial score (nSPS) is 22.4. The molecule has 0 N–H and O–H groups in total. The van der Waals surface area contributed by atoms with Crippen LogP contribution >= 0.6 is 11.3 Å². The van der Waals surface area contributed by atoms with Crippen molar-refractivity contribution in [1.29, 1.82) is 0 Å². The van der Waals surface area contributed by atoms with Gasteiger partial charge in [0.05, 0.1) is 0 Å². The van der Waals surface area contributed by atoms with Crippen molar-refractivity contribution in [2.75, 3.05) is 7.05 Å². The smallest absolute Gasteiger partial charge is 0.271 e. The maximum absolute atomic E-state index is 12.7. The quantitative estimate of drug-likeness (QED) is 0.856. The summed E-state index contributed by atoms with van der Waals surface area (Å²) in [5.74, 6) is 0.264. The second-order valence-electron chi connectivity index (χ2n) is 5.78. The molecule has 1 saturated carbocycles. The maximum Gasteiger partial charge on any atom is 0.271 e. The summed E-state index contributed by atoms with van der Waals surface area (Å²) in [6.45, 7) is 2.18. The fraction of sp³-hybridized carbons (Fsp3) is 0.533. The Bertz CT molecular complexity index is 721. The SMILES string of the molecule is CC1CCCCC1N(C)C(=O)c1cnc2sccn2c1=O. The van der Waals surface area contributed by atoms with E-state index in [1.807, 2.05) is 0 Å². The molecule has 2 unspecified atom stereocenters. The number of carbonyl (C=O) groups excluding carboxylic acids is 1. The lowest BCUT2D eigenvalue weighted by molar-refractivity contribution is 0.0626. The molecule has 5 nitrogen and oxygen atoms in total. The fourth-order valence-electron chi connectivity index (χ4n) is 3.18. The monoisotopic (exact) mass is 305 g/mol.